The van der Waals surface area contributed by atoms with E-state index < -0.39 is 17.8 Å². The highest BCUT2D eigenvalue weighted by atomic mass is 16.5. The van der Waals surface area contributed by atoms with Crippen molar-refractivity contribution in [3.63, 3.8) is 0 Å². The number of imide groups is 1. The third kappa shape index (κ3) is 1.77. The van der Waals surface area contributed by atoms with Crippen LogP contribution in [0.3, 0.4) is 0 Å². The zero-order valence-electron chi connectivity index (χ0n) is 14.2. The van der Waals surface area contributed by atoms with Crippen LogP contribution >= 0.6 is 0 Å². The fourth-order valence-electron chi connectivity index (χ4n) is 5.09. The van der Waals surface area contributed by atoms with Crippen molar-refractivity contribution in [3.8, 4) is 0 Å². The number of rotatable bonds is 2. The quantitative estimate of drug-likeness (QED) is 0.616. The molecular formula is C21H17NO4. The molecule has 2 amide bonds. The van der Waals surface area contributed by atoms with Crippen molar-refractivity contribution < 1.29 is 19.1 Å². The van der Waals surface area contributed by atoms with E-state index in [1.165, 1.54) is 7.11 Å². The van der Waals surface area contributed by atoms with E-state index in [1.54, 1.807) is 0 Å². The molecule has 5 nitrogen and oxygen atoms in total. The highest BCUT2D eigenvalue weighted by molar-refractivity contribution is 6.09. The van der Waals surface area contributed by atoms with E-state index in [4.69, 9.17) is 0 Å². The number of hydrogen-bond donors (Lipinski definition) is 0. The molecule has 2 unspecified atom stereocenters. The van der Waals surface area contributed by atoms with Gasteiger partial charge in [-0.15, -0.1) is 0 Å². The van der Waals surface area contributed by atoms with Gasteiger partial charge in [-0.2, -0.15) is 0 Å². The summed E-state index contributed by atoms with van der Waals surface area (Å²) in [5.41, 5.74) is 4.49. The zero-order chi connectivity index (χ0) is 18.0. The molecule has 0 radical (unpaired) electrons. The molecule has 6 rings (SSSR count). The van der Waals surface area contributed by atoms with Gasteiger partial charge in [0.05, 0.1) is 18.9 Å². The number of nitrogens with zero attached hydrogens (tertiary/aromatic N) is 1. The van der Waals surface area contributed by atoms with Crippen LogP contribution in [0.4, 0.5) is 0 Å². The molecule has 1 saturated heterocycles. The van der Waals surface area contributed by atoms with Gasteiger partial charge >= 0.3 is 5.97 Å². The Morgan fingerprint density at radius 3 is 1.58 bits per heavy atom. The number of likely N-dealkylation sites (tertiary alicyclic amines) is 1. The fraction of sp³-hybridized carbons (Fsp3) is 0.286. The Labute approximate surface area is 150 Å². The second-order valence-electron chi connectivity index (χ2n) is 7.10. The number of esters is 1. The van der Waals surface area contributed by atoms with Crippen LogP contribution in [-0.4, -0.2) is 36.3 Å². The monoisotopic (exact) mass is 347 g/mol. The predicted molar refractivity (Wildman–Crippen MR) is 92.3 cm³/mol. The van der Waals surface area contributed by atoms with Crippen molar-refractivity contribution >= 4 is 17.8 Å². The van der Waals surface area contributed by atoms with Crippen LogP contribution in [0.1, 0.15) is 34.1 Å². The molecule has 0 aromatic heterocycles. The third-order valence-corrected chi connectivity index (χ3v) is 6.05. The number of benzene rings is 2. The summed E-state index contributed by atoms with van der Waals surface area (Å²) in [5, 5.41) is 0. The van der Waals surface area contributed by atoms with Gasteiger partial charge in [-0.25, -0.2) is 0 Å². The SMILES string of the molecule is COC(=O)CN1C(=O)C2C3c4ccccc4C(c4ccccc43)C2C1=O. The summed E-state index contributed by atoms with van der Waals surface area (Å²) in [6, 6.07) is 16.1. The number of amides is 2. The van der Waals surface area contributed by atoms with Crippen molar-refractivity contribution in [2.75, 3.05) is 13.7 Å². The van der Waals surface area contributed by atoms with Crippen LogP contribution in [0.5, 0.6) is 0 Å². The summed E-state index contributed by atoms with van der Waals surface area (Å²) in [5.74, 6) is -2.27. The Morgan fingerprint density at radius 1 is 0.846 bits per heavy atom. The van der Waals surface area contributed by atoms with Crippen molar-refractivity contribution in [2.24, 2.45) is 11.8 Å². The van der Waals surface area contributed by atoms with Gasteiger partial charge in [0.25, 0.3) is 0 Å². The molecule has 1 fully saturated rings. The van der Waals surface area contributed by atoms with Gasteiger partial charge < -0.3 is 4.74 Å². The summed E-state index contributed by atoms with van der Waals surface area (Å²) in [4.78, 5) is 39.0. The van der Waals surface area contributed by atoms with E-state index in [2.05, 4.69) is 29.0 Å². The Balaban J connectivity index is 1.69. The van der Waals surface area contributed by atoms with Crippen LogP contribution in [0.2, 0.25) is 0 Å². The lowest BCUT2D eigenvalue weighted by Gasteiger charge is -2.45. The predicted octanol–water partition coefficient (Wildman–Crippen LogP) is 2.05. The fourth-order valence-corrected chi connectivity index (χ4v) is 5.09. The average Bonchev–Trinajstić information content (AvgIpc) is 2.93. The number of hydrogen-bond acceptors (Lipinski definition) is 4. The Bertz CT molecular complexity index is 850. The van der Waals surface area contributed by atoms with Gasteiger partial charge in [0, 0.05) is 11.8 Å². The van der Waals surface area contributed by atoms with Crippen LogP contribution in [-0.2, 0) is 19.1 Å². The number of carbonyl (C=O) groups excluding carboxylic acids is 3. The number of methoxy groups -OCH3 is 1. The maximum atomic E-state index is 13.1. The lowest BCUT2D eigenvalue weighted by Crippen LogP contribution is -2.41. The minimum Gasteiger partial charge on any atom is -0.468 e. The maximum Gasteiger partial charge on any atom is 0.325 e. The molecule has 0 saturated carbocycles. The highest BCUT2D eigenvalue weighted by Crippen LogP contribution is 2.60. The molecule has 3 aliphatic carbocycles. The smallest absolute Gasteiger partial charge is 0.325 e. The van der Waals surface area contributed by atoms with E-state index in [0.717, 1.165) is 27.2 Å². The molecule has 1 heterocycles. The van der Waals surface area contributed by atoms with Gasteiger partial charge in [-0.05, 0) is 22.3 Å². The second kappa shape index (κ2) is 5.27. The van der Waals surface area contributed by atoms with Crippen molar-refractivity contribution in [3.05, 3.63) is 70.8 Å². The molecule has 2 aromatic carbocycles. The average molecular weight is 347 g/mol. The zero-order valence-corrected chi connectivity index (χ0v) is 14.2. The van der Waals surface area contributed by atoms with E-state index in [9.17, 15) is 14.4 Å². The normalized spacial score (nSPS) is 27.8. The third-order valence-electron chi connectivity index (χ3n) is 6.05. The van der Waals surface area contributed by atoms with Crippen molar-refractivity contribution in [2.45, 2.75) is 11.8 Å². The van der Waals surface area contributed by atoms with Gasteiger partial charge in [0.2, 0.25) is 11.8 Å². The molecule has 5 heteroatoms. The molecule has 26 heavy (non-hydrogen) atoms. The van der Waals surface area contributed by atoms with E-state index in [-0.39, 0.29) is 30.2 Å². The summed E-state index contributed by atoms with van der Waals surface area (Å²) in [7, 11) is 1.26. The summed E-state index contributed by atoms with van der Waals surface area (Å²) >= 11 is 0. The molecule has 0 spiro atoms. The topological polar surface area (TPSA) is 63.7 Å². The van der Waals surface area contributed by atoms with Crippen LogP contribution in [0, 0.1) is 11.8 Å². The number of carbonyl (C=O) groups is 3. The largest absolute Gasteiger partial charge is 0.468 e. The van der Waals surface area contributed by atoms with Crippen molar-refractivity contribution in [1.29, 1.82) is 0 Å². The standard InChI is InChI=1S/C21H17NO4/c1-26-15(23)10-22-20(24)18-16-11-6-2-3-7-12(11)17(19(18)21(22)25)14-9-5-4-8-13(14)16/h2-9,16-19H,10H2,1H3. The van der Waals surface area contributed by atoms with Gasteiger partial charge in [-0.3, -0.25) is 19.3 Å². The minimum absolute atomic E-state index is 0.142. The first-order valence-electron chi connectivity index (χ1n) is 8.73. The van der Waals surface area contributed by atoms with E-state index >= 15 is 0 Å². The highest BCUT2D eigenvalue weighted by Gasteiger charge is 2.61. The molecule has 0 N–H and O–H groups in total. The summed E-state index contributed by atoms with van der Waals surface area (Å²) < 4.78 is 4.67. The first-order chi connectivity index (χ1) is 12.6. The Hall–Kier alpha value is -2.95. The molecule has 4 aliphatic rings. The van der Waals surface area contributed by atoms with E-state index in [0.29, 0.717) is 0 Å². The summed E-state index contributed by atoms with van der Waals surface area (Å²) in [6.07, 6.45) is 0. The van der Waals surface area contributed by atoms with Crippen LogP contribution in [0.15, 0.2) is 48.5 Å². The van der Waals surface area contributed by atoms with Gasteiger partial charge in [0.15, 0.2) is 0 Å². The Kier molecular flexibility index (Phi) is 3.11. The van der Waals surface area contributed by atoms with E-state index in [1.807, 2.05) is 24.3 Å². The first-order valence-corrected chi connectivity index (χ1v) is 8.73. The lowest BCUT2D eigenvalue weighted by atomic mass is 9.55. The second-order valence-corrected chi connectivity index (χ2v) is 7.10. The first kappa shape index (κ1) is 15.3. The molecule has 2 atom stereocenters. The molecule has 2 bridgehead atoms. The molecule has 2 aromatic rings. The van der Waals surface area contributed by atoms with Crippen LogP contribution in [0.25, 0.3) is 0 Å². The number of ether oxygens (including phenoxy) is 1. The molecule has 1 aliphatic heterocycles. The van der Waals surface area contributed by atoms with Gasteiger partial charge in [0.1, 0.15) is 6.54 Å². The van der Waals surface area contributed by atoms with Crippen molar-refractivity contribution in [1.82, 2.24) is 4.90 Å². The molecular weight excluding hydrogens is 330 g/mol. The lowest BCUT2D eigenvalue weighted by molar-refractivity contribution is -0.151. The minimum atomic E-state index is -0.576. The maximum absolute atomic E-state index is 13.1. The van der Waals surface area contributed by atoms with Gasteiger partial charge in [-0.1, -0.05) is 48.5 Å². The summed E-state index contributed by atoms with van der Waals surface area (Å²) in [6.45, 7) is -0.312. The molecule has 130 valence electrons. The Morgan fingerprint density at radius 2 is 1.23 bits per heavy atom. The van der Waals surface area contributed by atoms with Crippen LogP contribution < -0.4 is 0 Å².